The third kappa shape index (κ3) is 2.41. The summed E-state index contributed by atoms with van der Waals surface area (Å²) < 4.78 is 1.29. The van der Waals surface area contributed by atoms with Crippen LogP contribution in [0.2, 0.25) is 0 Å². The number of benzene rings is 4. The summed E-state index contributed by atoms with van der Waals surface area (Å²) in [6.45, 7) is 0. The van der Waals surface area contributed by atoms with Gasteiger partial charge in [-0.3, -0.25) is 0 Å². The Morgan fingerprint density at radius 1 is 0.370 bits per heavy atom. The van der Waals surface area contributed by atoms with E-state index in [2.05, 4.69) is 97.1 Å². The molecule has 0 aliphatic heterocycles. The molecule has 4 aromatic carbocycles. The van der Waals surface area contributed by atoms with Gasteiger partial charge in [0.2, 0.25) is 0 Å². The van der Waals surface area contributed by atoms with Gasteiger partial charge in [-0.05, 0) is 0 Å². The summed E-state index contributed by atoms with van der Waals surface area (Å²) in [6.07, 6.45) is 0. The summed E-state index contributed by atoms with van der Waals surface area (Å²) in [5.41, 5.74) is 12.1. The summed E-state index contributed by atoms with van der Waals surface area (Å²) in [6, 6.07) is 36.4. The molecule has 0 fully saturated rings. The Hall–Kier alpha value is -1.86. The number of rotatable bonds is 2. The van der Waals surface area contributed by atoms with E-state index in [9.17, 15) is 0 Å². The first-order valence-corrected chi connectivity index (χ1v) is 12.3. The Bertz CT molecular complexity index is 990. The van der Waals surface area contributed by atoms with Gasteiger partial charge in [-0.15, -0.1) is 0 Å². The molecule has 0 bridgehead atoms. The SMILES string of the molecule is c1ccc2c(c1)-c1ccccc1[CH]2[Ca][CH]1c2ccccc2-c2ccccc21. The average molecular weight is 371 g/mol. The molecule has 0 saturated carbocycles. The number of hydrogen-bond acceptors (Lipinski definition) is 0. The fourth-order valence-corrected chi connectivity index (χ4v) is 9.81. The Morgan fingerprint density at radius 2 is 0.630 bits per heavy atom. The van der Waals surface area contributed by atoms with E-state index in [0.717, 1.165) is 0 Å². The number of hydrogen-bond donors (Lipinski definition) is 0. The third-order valence-corrected chi connectivity index (χ3v) is 10.6. The van der Waals surface area contributed by atoms with Crippen LogP contribution in [-0.2, 0) is 0 Å². The fourth-order valence-electron chi connectivity index (χ4n) is 5.26. The Morgan fingerprint density at radius 3 is 0.926 bits per heavy atom. The molecule has 2 aliphatic rings. The van der Waals surface area contributed by atoms with E-state index in [4.69, 9.17) is 0 Å². The molecule has 1 heteroatoms. The fraction of sp³-hybridized carbons (Fsp3) is 0.0769. The van der Waals surface area contributed by atoms with Gasteiger partial charge in [0.05, 0.1) is 0 Å². The predicted molar refractivity (Wildman–Crippen MR) is 113 cm³/mol. The molecule has 0 radical (unpaired) electrons. The maximum atomic E-state index is 2.37. The standard InChI is InChI=1S/2C13H9.Ca/c2*1-3-7-12-10(5-1)9-11-6-2-4-8-13(11)12;/h2*1-9H;. The average Bonchev–Trinajstić information content (AvgIpc) is 3.23. The van der Waals surface area contributed by atoms with E-state index in [1.165, 1.54) is 22.3 Å². The van der Waals surface area contributed by atoms with Gasteiger partial charge in [0.1, 0.15) is 0 Å². The van der Waals surface area contributed by atoms with Crippen LogP contribution in [0.4, 0.5) is 0 Å². The minimum absolute atomic E-state index is 0.647. The summed E-state index contributed by atoms with van der Waals surface area (Å²) in [5.74, 6) is 0. The van der Waals surface area contributed by atoms with Crippen molar-refractivity contribution >= 4 is 33.8 Å². The van der Waals surface area contributed by atoms with Gasteiger partial charge in [-0.25, -0.2) is 0 Å². The number of fused-ring (bicyclic) bond motifs is 6. The van der Waals surface area contributed by atoms with Crippen molar-refractivity contribution in [2.75, 3.05) is 0 Å². The van der Waals surface area contributed by atoms with Crippen molar-refractivity contribution in [3.8, 4) is 22.3 Å². The molecule has 0 saturated heterocycles. The van der Waals surface area contributed by atoms with E-state index >= 15 is 0 Å². The first kappa shape index (κ1) is 16.1. The van der Waals surface area contributed by atoms with Gasteiger partial charge in [0.15, 0.2) is 0 Å². The van der Waals surface area contributed by atoms with E-state index in [1.54, 1.807) is 22.3 Å². The zero-order chi connectivity index (χ0) is 17.8. The summed E-state index contributed by atoms with van der Waals surface area (Å²) in [4.78, 5) is 0. The van der Waals surface area contributed by atoms with Gasteiger partial charge >= 0.3 is 179 Å². The molecule has 0 unspecified atom stereocenters. The van der Waals surface area contributed by atoms with Crippen LogP contribution in [-0.4, -0.2) is 33.8 Å². The second-order valence-corrected chi connectivity index (χ2v) is 11.0. The van der Waals surface area contributed by atoms with E-state index < -0.39 is 33.8 Å². The van der Waals surface area contributed by atoms with E-state index in [0.29, 0.717) is 4.03 Å². The summed E-state index contributed by atoms with van der Waals surface area (Å²) >= 11 is -1.03. The van der Waals surface area contributed by atoms with Crippen LogP contribution in [0, 0.1) is 0 Å². The van der Waals surface area contributed by atoms with Crippen molar-refractivity contribution in [1.82, 2.24) is 0 Å². The van der Waals surface area contributed by atoms with E-state index in [1.807, 2.05) is 0 Å². The topological polar surface area (TPSA) is 0 Å². The maximum absolute atomic E-state index is 2.37. The molecule has 6 rings (SSSR count). The molecule has 0 aromatic heterocycles. The van der Waals surface area contributed by atoms with Crippen LogP contribution in [0.15, 0.2) is 97.1 Å². The second-order valence-electron chi connectivity index (χ2n) is 7.69. The van der Waals surface area contributed by atoms with Gasteiger partial charge in [0, 0.05) is 0 Å². The van der Waals surface area contributed by atoms with Crippen LogP contribution < -0.4 is 0 Å². The van der Waals surface area contributed by atoms with Crippen molar-refractivity contribution < 1.29 is 0 Å². The van der Waals surface area contributed by atoms with Gasteiger partial charge in [-0.1, -0.05) is 0 Å². The molecule has 27 heavy (non-hydrogen) atoms. The van der Waals surface area contributed by atoms with Crippen molar-refractivity contribution in [3.63, 3.8) is 0 Å². The molecule has 0 heterocycles. The van der Waals surface area contributed by atoms with Crippen molar-refractivity contribution in [2.24, 2.45) is 0 Å². The van der Waals surface area contributed by atoms with Gasteiger partial charge in [-0.2, -0.15) is 0 Å². The van der Waals surface area contributed by atoms with Crippen LogP contribution in [0.25, 0.3) is 22.3 Å². The Kier molecular flexibility index (Phi) is 3.79. The quantitative estimate of drug-likeness (QED) is 0.367. The van der Waals surface area contributed by atoms with Crippen molar-refractivity contribution in [3.05, 3.63) is 119 Å². The first-order chi connectivity index (χ1) is 13.4. The van der Waals surface area contributed by atoms with Crippen LogP contribution >= 0.6 is 0 Å². The van der Waals surface area contributed by atoms with Gasteiger partial charge in [0.25, 0.3) is 0 Å². The Balaban J connectivity index is 1.51. The Labute approximate surface area is 178 Å². The summed E-state index contributed by atoms with van der Waals surface area (Å²) in [7, 11) is 0. The van der Waals surface area contributed by atoms with Crippen LogP contribution in [0.1, 0.15) is 26.3 Å². The molecule has 0 nitrogen and oxygen atoms in total. The molecular formula is C26H18Ca. The first-order valence-electron chi connectivity index (χ1n) is 9.78. The third-order valence-electron chi connectivity index (χ3n) is 6.40. The van der Waals surface area contributed by atoms with Crippen LogP contribution in [0.3, 0.4) is 0 Å². The van der Waals surface area contributed by atoms with Crippen molar-refractivity contribution in [1.29, 1.82) is 0 Å². The van der Waals surface area contributed by atoms with Gasteiger partial charge < -0.3 is 0 Å². The zero-order valence-corrected chi connectivity index (χ0v) is 17.3. The van der Waals surface area contributed by atoms with Crippen molar-refractivity contribution in [2.45, 2.75) is 4.03 Å². The molecule has 0 atom stereocenters. The molecule has 0 spiro atoms. The molecule has 4 aromatic rings. The van der Waals surface area contributed by atoms with Crippen LogP contribution in [0.5, 0.6) is 0 Å². The zero-order valence-electron chi connectivity index (χ0n) is 15.1. The predicted octanol–water partition coefficient (Wildman–Crippen LogP) is 6.23. The summed E-state index contributed by atoms with van der Waals surface area (Å²) in [5, 5.41) is 0. The molecule has 0 amide bonds. The van der Waals surface area contributed by atoms with E-state index in [-0.39, 0.29) is 0 Å². The monoisotopic (exact) mass is 370 g/mol. The molecular weight excluding hydrogens is 352 g/mol. The minimum atomic E-state index is -1.03. The molecule has 2 aliphatic carbocycles. The second kappa shape index (κ2) is 6.34. The normalized spacial score (nSPS) is 14.2. The molecule has 124 valence electrons. The molecule has 0 N–H and O–H groups in total.